The summed E-state index contributed by atoms with van der Waals surface area (Å²) in [7, 11) is 0. The van der Waals surface area contributed by atoms with Gasteiger partial charge in [-0.3, -0.25) is 4.79 Å². The van der Waals surface area contributed by atoms with Gasteiger partial charge in [-0.1, -0.05) is 27.5 Å². The maximum absolute atomic E-state index is 12.2. The van der Waals surface area contributed by atoms with E-state index in [9.17, 15) is 4.79 Å². The van der Waals surface area contributed by atoms with Crippen molar-refractivity contribution in [1.29, 1.82) is 0 Å². The van der Waals surface area contributed by atoms with Gasteiger partial charge in [0.05, 0.1) is 10.6 Å². The van der Waals surface area contributed by atoms with Crippen LogP contribution in [0.4, 0.5) is 0 Å². The summed E-state index contributed by atoms with van der Waals surface area (Å²) < 4.78 is 0. The number of carbonyl (C=O) groups excluding carboxylic acids is 1. The minimum atomic E-state index is -0.0704. The Kier molecular flexibility index (Phi) is 5.60. The van der Waals surface area contributed by atoms with Gasteiger partial charge in [-0.2, -0.15) is 0 Å². The highest BCUT2D eigenvalue weighted by Crippen LogP contribution is 2.30. The van der Waals surface area contributed by atoms with E-state index in [1.807, 2.05) is 18.4 Å². The van der Waals surface area contributed by atoms with Crippen LogP contribution >= 0.6 is 39.3 Å². The maximum atomic E-state index is 12.2. The van der Waals surface area contributed by atoms with Gasteiger partial charge in [-0.05, 0) is 49.6 Å². The molecule has 0 spiro atoms. The fraction of sp³-hybridized carbons (Fsp3) is 0.500. The molecule has 1 fully saturated rings. The van der Waals surface area contributed by atoms with Crippen LogP contribution in [-0.4, -0.2) is 23.5 Å². The van der Waals surface area contributed by atoms with Gasteiger partial charge in [-0.25, -0.2) is 0 Å². The monoisotopic (exact) mass is 361 g/mol. The van der Waals surface area contributed by atoms with Gasteiger partial charge in [0.2, 0.25) is 0 Å². The van der Waals surface area contributed by atoms with E-state index in [-0.39, 0.29) is 5.91 Å². The number of halogens is 2. The molecule has 0 aromatic heterocycles. The van der Waals surface area contributed by atoms with E-state index in [1.54, 1.807) is 17.8 Å². The molecule has 1 amide bonds. The summed E-state index contributed by atoms with van der Waals surface area (Å²) >= 11 is 11.3. The van der Waals surface area contributed by atoms with Crippen LogP contribution in [0, 0.1) is 5.92 Å². The molecule has 0 aliphatic heterocycles. The molecule has 2 rings (SSSR count). The van der Waals surface area contributed by atoms with Crippen molar-refractivity contribution in [3.05, 3.63) is 28.8 Å². The van der Waals surface area contributed by atoms with Gasteiger partial charge in [0, 0.05) is 16.3 Å². The van der Waals surface area contributed by atoms with Crippen molar-refractivity contribution in [2.75, 3.05) is 12.8 Å². The zero-order valence-electron chi connectivity index (χ0n) is 10.8. The predicted octanol–water partition coefficient (Wildman–Crippen LogP) is 4.36. The van der Waals surface area contributed by atoms with Gasteiger partial charge in [0.15, 0.2) is 0 Å². The number of alkyl halides is 1. The first kappa shape index (κ1) is 15.2. The molecule has 1 saturated carbocycles. The van der Waals surface area contributed by atoms with E-state index in [2.05, 4.69) is 21.2 Å². The Hall–Kier alpha value is -0.190. The third-order valence-corrected chi connectivity index (χ3v) is 5.33. The molecule has 5 heteroatoms. The van der Waals surface area contributed by atoms with Gasteiger partial charge < -0.3 is 5.32 Å². The van der Waals surface area contributed by atoms with Gasteiger partial charge in [0.1, 0.15) is 0 Å². The second-order valence-corrected chi connectivity index (χ2v) is 7.41. The van der Waals surface area contributed by atoms with Crippen molar-refractivity contribution < 1.29 is 4.79 Å². The predicted molar refractivity (Wildman–Crippen MR) is 85.6 cm³/mol. The van der Waals surface area contributed by atoms with Crippen LogP contribution in [0.2, 0.25) is 5.02 Å². The van der Waals surface area contributed by atoms with E-state index >= 15 is 0 Å². The van der Waals surface area contributed by atoms with Crippen molar-refractivity contribution in [2.45, 2.75) is 29.0 Å². The fourth-order valence-electron chi connectivity index (χ4n) is 2.34. The zero-order valence-corrected chi connectivity index (χ0v) is 13.9. The summed E-state index contributed by atoms with van der Waals surface area (Å²) in [6, 6.07) is 5.56. The van der Waals surface area contributed by atoms with Crippen LogP contribution in [0.25, 0.3) is 0 Å². The second kappa shape index (κ2) is 7.00. The highest BCUT2D eigenvalue weighted by molar-refractivity contribution is 9.09. The smallest absolute Gasteiger partial charge is 0.252 e. The van der Waals surface area contributed by atoms with Crippen molar-refractivity contribution in [1.82, 2.24) is 5.32 Å². The van der Waals surface area contributed by atoms with E-state index in [0.717, 1.165) is 17.9 Å². The van der Waals surface area contributed by atoms with Gasteiger partial charge in [-0.15, -0.1) is 11.8 Å². The molecule has 104 valence electrons. The first-order valence-electron chi connectivity index (χ1n) is 6.36. The lowest BCUT2D eigenvalue weighted by Gasteiger charge is -2.12. The topological polar surface area (TPSA) is 29.1 Å². The zero-order chi connectivity index (χ0) is 13.8. The highest BCUT2D eigenvalue weighted by Gasteiger charge is 2.23. The lowest BCUT2D eigenvalue weighted by atomic mass is 10.1. The van der Waals surface area contributed by atoms with E-state index in [1.165, 1.54) is 12.8 Å². The van der Waals surface area contributed by atoms with E-state index < -0.39 is 0 Å². The first-order valence-corrected chi connectivity index (χ1v) is 8.87. The number of nitrogens with one attached hydrogen (secondary N) is 1. The van der Waals surface area contributed by atoms with Crippen molar-refractivity contribution in [2.24, 2.45) is 5.92 Å². The summed E-state index contributed by atoms with van der Waals surface area (Å²) in [5.41, 5.74) is 0.571. The molecular formula is C14H17BrClNOS. The lowest BCUT2D eigenvalue weighted by Crippen LogP contribution is -2.28. The Balaban J connectivity index is 1.96. The number of hydrogen-bond acceptors (Lipinski definition) is 2. The normalized spacial score (nSPS) is 22.5. The molecule has 1 aromatic rings. The van der Waals surface area contributed by atoms with Crippen LogP contribution in [0.5, 0.6) is 0 Å². The summed E-state index contributed by atoms with van der Waals surface area (Å²) in [6.45, 7) is 0.737. The number of benzene rings is 1. The van der Waals surface area contributed by atoms with Gasteiger partial charge in [0.25, 0.3) is 5.91 Å². The molecule has 1 aliphatic carbocycles. The van der Waals surface area contributed by atoms with Crippen molar-refractivity contribution in [3.63, 3.8) is 0 Å². The van der Waals surface area contributed by atoms with Gasteiger partial charge >= 0.3 is 0 Å². The molecule has 0 saturated heterocycles. The molecule has 2 unspecified atom stereocenters. The molecule has 0 heterocycles. The van der Waals surface area contributed by atoms with Crippen LogP contribution < -0.4 is 5.32 Å². The van der Waals surface area contributed by atoms with Crippen molar-refractivity contribution >= 4 is 45.2 Å². The molecule has 0 radical (unpaired) electrons. The van der Waals surface area contributed by atoms with Crippen LogP contribution in [0.15, 0.2) is 23.1 Å². The summed E-state index contributed by atoms with van der Waals surface area (Å²) in [5.74, 6) is 0.509. The minimum Gasteiger partial charge on any atom is -0.352 e. The average molecular weight is 363 g/mol. The molecule has 2 atom stereocenters. The van der Waals surface area contributed by atoms with Crippen LogP contribution in [-0.2, 0) is 0 Å². The Bertz CT molecular complexity index is 469. The fourth-order valence-corrected chi connectivity index (χ4v) is 3.77. The Morgan fingerprint density at radius 1 is 1.53 bits per heavy atom. The minimum absolute atomic E-state index is 0.0704. The molecular weight excluding hydrogens is 346 g/mol. The number of thioether (sulfide) groups is 1. The third kappa shape index (κ3) is 4.14. The van der Waals surface area contributed by atoms with E-state index in [4.69, 9.17) is 11.6 Å². The number of hydrogen-bond donors (Lipinski definition) is 1. The Morgan fingerprint density at radius 2 is 2.32 bits per heavy atom. The molecule has 1 N–H and O–H groups in total. The molecule has 19 heavy (non-hydrogen) atoms. The first-order chi connectivity index (χ1) is 9.10. The molecule has 1 aliphatic rings. The highest BCUT2D eigenvalue weighted by atomic mass is 79.9. The largest absolute Gasteiger partial charge is 0.352 e. The Labute approximate surface area is 131 Å². The SMILES string of the molecule is CSc1ccc(Cl)c(C(=O)NCC2CCC(Br)C2)c1. The number of carbonyl (C=O) groups is 1. The van der Waals surface area contributed by atoms with Crippen molar-refractivity contribution in [3.8, 4) is 0 Å². The molecule has 0 bridgehead atoms. The summed E-state index contributed by atoms with van der Waals surface area (Å²) in [4.78, 5) is 13.8. The Morgan fingerprint density at radius 3 is 2.95 bits per heavy atom. The van der Waals surface area contributed by atoms with E-state index in [0.29, 0.717) is 21.3 Å². The molecule has 2 nitrogen and oxygen atoms in total. The lowest BCUT2D eigenvalue weighted by molar-refractivity contribution is 0.0947. The number of rotatable bonds is 4. The third-order valence-electron chi connectivity index (χ3n) is 3.45. The average Bonchev–Trinajstić information content (AvgIpc) is 2.82. The maximum Gasteiger partial charge on any atom is 0.252 e. The summed E-state index contributed by atoms with van der Waals surface area (Å²) in [6.07, 6.45) is 5.50. The van der Waals surface area contributed by atoms with Crippen LogP contribution in [0.3, 0.4) is 0 Å². The quantitative estimate of drug-likeness (QED) is 0.637. The summed E-state index contributed by atoms with van der Waals surface area (Å²) in [5, 5.41) is 3.51. The standard InChI is InChI=1S/C14H17BrClNOS/c1-19-11-4-5-13(16)12(7-11)14(18)17-8-9-2-3-10(15)6-9/h4-5,7,9-10H,2-3,6,8H2,1H3,(H,17,18). The number of amides is 1. The van der Waals surface area contributed by atoms with Crippen LogP contribution in [0.1, 0.15) is 29.6 Å². The molecule has 1 aromatic carbocycles. The second-order valence-electron chi connectivity index (χ2n) is 4.83.